The number of carbonyl (C=O) groups excluding carboxylic acids is 2. The van der Waals surface area contributed by atoms with E-state index in [-0.39, 0.29) is 5.82 Å². The molecule has 26 heavy (non-hydrogen) atoms. The minimum Gasteiger partial charge on any atom is -0.348 e. The van der Waals surface area contributed by atoms with Gasteiger partial charge in [-0.05, 0) is 37.1 Å². The highest BCUT2D eigenvalue weighted by Gasteiger charge is 2.14. The molecule has 0 spiro atoms. The molecule has 0 heterocycles. The Labute approximate surface area is 156 Å². The van der Waals surface area contributed by atoms with Gasteiger partial charge in [-0.1, -0.05) is 64.7 Å². The van der Waals surface area contributed by atoms with Crippen LogP contribution in [0.5, 0.6) is 0 Å². The third-order valence-corrected chi connectivity index (χ3v) is 4.46. The summed E-state index contributed by atoms with van der Waals surface area (Å²) < 4.78 is 13.0. The second-order valence-electron chi connectivity index (χ2n) is 6.85. The van der Waals surface area contributed by atoms with E-state index in [0.717, 1.165) is 12.8 Å². The molecule has 0 bridgehead atoms. The highest BCUT2D eigenvalue weighted by molar-refractivity contribution is 6.39. The Hall–Kier alpha value is -1.91. The summed E-state index contributed by atoms with van der Waals surface area (Å²) in [6.07, 6.45) is 12.3. The maximum absolute atomic E-state index is 13.0. The Morgan fingerprint density at radius 1 is 0.885 bits per heavy atom. The van der Waals surface area contributed by atoms with Crippen LogP contribution in [0.2, 0.25) is 0 Å². The molecular weight excluding hydrogens is 331 g/mol. The third kappa shape index (κ3) is 9.54. The standard InChI is InChI=1S/C21H33FN2O2/c1-3-4-5-6-7-8-9-10-11-12-15-23-20(25)21(26)24-19-14-13-18(22)16-17(19)2/h13-14,16H,3-12,15H2,1-2H3,(H,23,25)(H,24,26). The molecule has 0 atom stereocenters. The molecule has 0 radical (unpaired) electrons. The molecule has 0 saturated heterocycles. The lowest BCUT2D eigenvalue weighted by Crippen LogP contribution is -2.36. The van der Waals surface area contributed by atoms with Crippen LogP contribution in [0.25, 0.3) is 0 Å². The lowest BCUT2D eigenvalue weighted by Gasteiger charge is -2.09. The van der Waals surface area contributed by atoms with Crippen molar-refractivity contribution in [1.82, 2.24) is 5.32 Å². The number of rotatable bonds is 12. The van der Waals surface area contributed by atoms with Crippen LogP contribution < -0.4 is 10.6 Å². The van der Waals surface area contributed by atoms with E-state index in [0.29, 0.717) is 17.8 Å². The fraction of sp³-hybridized carbons (Fsp3) is 0.619. The quantitative estimate of drug-likeness (QED) is 0.400. The van der Waals surface area contributed by atoms with E-state index in [1.54, 1.807) is 6.92 Å². The number of unbranched alkanes of at least 4 members (excludes halogenated alkanes) is 9. The van der Waals surface area contributed by atoms with E-state index >= 15 is 0 Å². The predicted molar refractivity (Wildman–Crippen MR) is 105 cm³/mol. The van der Waals surface area contributed by atoms with Crippen LogP contribution in [0.1, 0.15) is 76.7 Å². The third-order valence-electron chi connectivity index (χ3n) is 4.46. The first-order chi connectivity index (χ1) is 12.5. The molecular formula is C21H33FN2O2. The summed E-state index contributed by atoms with van der Waals surface area (Å²) in [5.41, 5.74) is 1.03. The summed E-state index contributed by atoms with van der Waals surface area (Å²) in [6.45, 7) is 4.41. The number of hydrogen-bond acceptors (Lipinski definition) is 2. The number of anilines is 1. The number of nitrogens with one attached hydrogen (secondary N) is 2. The summed E-state index contributed by atoms with van der Waals surface area (Å²) >= 11 is 0. The molecule has 0 aliphatic rings. The Morgan fingerprint density at radius 3 is 2.04 bits per heavy atom. The number of hydrogen-bond donors (Lipinski definition) is 2. The maximum Gasteiger partial charge on any atom is 0.313 e. The zero-order chi connectivity index (χ0) is 19.2. The molecule has 0 aliphatic carbocycles. The summed E-state index contributed by atoms with van der Waals surface area (Å²) in [5, 5.41) is 5.14. The fourth-order valence-electron chi connectivity index (χ4n) is 2.84. The zero-order valence-corrected chi connectivity index (χ0v) is 16.2. The van der Waals surface area contributed by atoms with Gasteiger partial charge in [0.2, 0.25) is 0 Å². The Kier molecular flexibility index (Phi) is 11.3. The SMILES string of the molecule is CCCCCCCCCCCCNC(=O)C(=O)Nc1ccc(F)cc1C. The molecule has 0 aromatic heterocycles. The van der Waals surface area contributed by atoms with Crippen LogP contribution in [0.4, 0.5) is 10.1 Å². The first-order valence-electron chi connectivity index (χ1n) is 9.90. The van der Waals surface area contributed by atoms with Crippen LogP contribution in [-0.2, 0) is 9.59 Å². The van der Waals surface area contributed by atoms with Gasteiger partial charge >= 0.3 is 11.8 Å². The molecule has 0 fully saturated rings. The first kappa shape index (κ1) is 22.1. The highest BCUT2D eigenvalue weighted by Crippen LogP contribution is 2.15. The van der Waals surface area contributed by atoms with Crippen molar-refractivity contribution >= 4 is 17.5 Å². The van der Waals surface area contributed by atoms with Gasteiger partial charge in [0.15, 0.2) is 0 Å². The van der Waals surface area contributed by atoms with E-state index in [9.17, 15) is 14.0 Å². The van der Waals surface area contributed by atoms with Gasteiger partial charge in [-0.25, -0.2) is 4.39 Å². The van der Waals surface area contributed by atoms with Crippen LogP contribution >= 0.6 is 0 Å². The van der Waals surface area contributed by atoms with Gasteiger partial charge in [0.25, 0.3) is 0 Å². The normalized spacial score (nSPS) is 10.6. The van der Waals surface area contributed by atoms with Crippen LogP contribution in [-0.4, -0.2) is 18.4 Å². The molecule has 0 aliphatic heterocycles. The van der Waals surface area contributed by atoms with Crippen LogP contribution in [0.3, 0.4) is 0 Å². The fourth-order valence-corrected chi connectivity index (χ4v) is 2.84. The van der Waals surface area contributed by atoms with E-state index in [1.165, 1.54) is 69.6 Å². The molecule has 0 unspecified atom stereocenters. The van der Waals surface area contributed by atoms with Gasteiger partial charge in [-0.2, -0.15) is 0 Å². The number of amides is 2. The van der Waals surface area contributed by atoms with Crippen LogP contribution in [0.15, 0.2) is 18.2 Å². The first-order valence-corrected chi connectivity index (χ1v) is 9.90. The number of benzene rings is 1. The molecule has 4 nitrogen and oxygen atoms in total. The molecule has 0 saturated carbocycles. The van der Waals surface area contributed by atoms with E-state index in [1.807, 2.05) is 0 Å². The van der Waals surface area contributed by atoms with Crippen molar-refractivity contribution in [3.63, 3.8) is 0 Å². The number of aryl methyl sites for hydroxylation is 1. The number of carbonyl (C=O) groups is 2. The van der Waals surface area contributed by atoms with Gasteiger partial charge in [0.05, 0.1) is 0 Å². The molecule has 146 valence electrons. The minimum absolute atomic E-state index is 0.370. The van der Waals surface area contributed by atoms with E-state index in [2.05, 4.69) is 17.6 Å². The van der Waals surface area contributed by atoms with Gasteiger partial charge < -0.3 is 10.6 Å². The summed E-state index contributed by atoms with van der Waals surface area (Å²) in [6, 6.07) is 4.03. The smallest absolute Gasteiger partial charge is 0.313 e. The van der Waals surface area contributed by atoms with Crippen LogP contribution in [0, 0.1) is 12.7 Å². The topological polar surface area (TPSA) is 58.2 Å². The number of halogens is 1. The Balaban J connectivity index is 2.06. The summed E-state index contributed by atoms with van der Waals surface area (Å²) in [7, 11) is 0. The molecule has 2 amide bonds. The highest BCUT2D eigenvalue weighted by atomic mass is 19.1. The maximum atomic E-state index is 13.0. The van der Waals surface area contributed by atoms with Crippen molar-refractivity contribution in [2.45, 2.75) is 78.1 Å². The molecule has 1 aromatic carbocycles. The summed E-state index contributed by atoms with van der Waals surface area (Å²) in [4.78, 5) is 23.6. The molecule has 2 N–H and O–H groups in total. The average Bonchev–Trinajstić information content (AvgIpc) is 2.61. The molecule has 5 heteroatoms. The Morgan fingerprint density at radius 2 is 1.46 bits per heavy atom. The minimum atomic E-state index is -0.716. The largest absolute Gasteiger partial charge is 0.348 e. The lowest BCUT2D eigenvalue weighted by molar-refractivity contribution is -0.136. The monoisotopic (exact) mass is 364 g/mol. The average molecular weight is 365 g/mol. The molecule has 1 aromatic rings. The van der Waals surface area contributed by atoms with Crippen molar-refractivity contribution in [3.8, 4) is 0 Å². The van der Waals surface area contributed by atoms with Crippen molar-refractivity contribution in [2.24, 2.45) is 0 Å². The molecule has 1 rings (SSSR count). The van der Waals surface area contributed by atoms with Crippen molar-refractivity contribution < 1.29 is 14.0 Å². The van der Waals surface area contributed by atoms with Gasteiger partial charge in [0, 0.05) is 12.2 Å². The van der Waals surface area contributed by atoms with Crippen molar-refractivity contribution in [2.75, 3.05) is 11.9 Å². The van der Waals surface area contributed by atoms with Crippen molar-refractivity contribution in [1.29, 1.82) is 0 Å². The summed E-state index contributed by atoms with van der Waals surface area (Å²) in [5.74, 6) is -1.73. The second-order valence-corrected chi connectivity index (χ2v) is 6.85. The second kappa shape index (κ2) is 13.3. The zero-order valence-electron chi connectivity index (χ0n) is 16.2. The Bertz CT molecular complexity index is 561. The van der Waals surface area contributed by atoms with Gasteiger partial charge in [0.1, 0.15) is 5.82 Å². The van der Waals surface area contributed by atoms with Gasteiger partial charge in [-0.15, -0.1) is 0 Å². The lowest BCUT2D eigenvalue weighted by atomic mass is 10.1. The van der Waals surface area contributed by atoms with E-state index in [4.69, 9.17) is 0 Å². The van der Waals surface area contributed by atoms with E-state index < -0.39 is 11.8 Å². The predicted octanol–water partition coefficient (Wildman–Crippen LogP) is 5.11. The van der Waals surface area contributed by atoms with Crippen molar-refractivity contribution in [3.05, 3.63) is 29.6 Å². The van der Waals surface area contributed by atoms with Gasteiger partial charge in [-0.3, -0.25) is 9.59 Å².